The van der Waals surface area contributed by atoms with E-state index in [1.165, 1.54) is 32.1 Å². The lowest BCUT2D eigenvalue weighted by Crippen LogP contribution is -2.49. The number of hydrogen-bond donors (Lipinski definition) is 2. The van der Waals surface area contributed by atoms with Crippen LogP contribution in [0.15, 0.2) is 0 Å². The first-order valence-electron chi connectivity index (χ1n) is 7.95. The molecule has 1 aliphatic carbocycles. The van der Waals surface area contributed by atoms with Crippen molar-refractivity contribution in [2.75, 3.05) is 13.1 Å². The largest absolute Gasteiger partial charge is 0.481 e. The van der Waals surface area contributed by atoms with Gasteiger partial charge in [0.15, 0.2) is 0 Å². The molecule has 0 unspecified atom stereocenters. The fraction of sp³-hybridized carbons (Fsp3) is 0.867. The fourth-order valence-electron chi connectivity index (χ4n) is 3.23. The fourth-order valence-corrected chi connectivity index (χ4v) is 3.23. The molecule has 1 atom stereocenters. The van der Waals surface area contributed by atoms with E-state index >= 15 is 0 Å². The Labute approximate surface area is 120 Å². The third-order valence-corrected chi connectivity index (χ3v) is 4.49. The number of amides is 2. The Morgan fingerprint density at radius 2 is 1.60 bits per heavy atom. The van der Waals surface area contributed by atoms with Crippen molar-refractivity contribution in [2.24, 2.45) is 5.92 Å². The van der Waals surface area contributed by atoms with Gasteiger partial charge in [-0.2, -0.15) is 0 Å². The Bertz CT molecular complexity index is 338. The van der Waals surface area contributed by atoms with Crippen LogP contribution in [0, 0.1) is 5.92 Å². The highest BCUT2D eigenvalue weighted by Crippen LogP contribution is 2.19. The second kappa shape index (κ2) is 7.50. The second-order valence-corrected chi connectivity index (χ2v) is 6.11. The number of carboxylic acids is 1. The van der Waals surface area contributed by atoms with E-state index in [0.717, 1.165) is 19.3 Å². The molecule has 0 aromatic rings. The summed E-state index contributed by atoms with van der Waals surface area (Å²) in [6, 6.07) is 0.203. The van der Waals surface area contributed by atoms with Gasteiger partial charge in [0.1, 0.15) is 0 Å². The summed E-state index contributed by atoms with van der Waals surface area (Å²) in [6.45, 7) is 1.04. The van der Waals surface area contributed by atoms with Gasteiger partial charge < -0.3 is 15.3 Å². The van der Waals surface area contributed by atoms with Gasteiger partial charge in [0, 0.05) is 19.1 Å². The lowest BCUT2D eigenvalue weighted by molar-refractivity contribution is -0.143. The maximum atomic E-state index is 12.3. The Morgan fingerprint density at radius 3 is 2.25 bits per heavy atom. The van der Waals surface area contributed by atoms with E-state index in [4.69, 9.17) is 5.11 Å². The molecule has 0 radical (unpaired) electrons. The number of urea groups is 1. The highest BCUT2D eigenvalue weighted by Gasteiger charge is 2.28. The van der Waals surface area contributed by atoms with Crippen LogP contribution in [0.5, 0.6) is 0 Å². The SMILES string of the molecule is O=C(O)[C@H]1CCCN(C(=O)NC2CCCCCCC2)C1. The number of nitrogens with one attached hydrogen (secondary N) is 1. The molecule has 2 aliphatic rings. The lowest BCUT2D eigenvalue weighted by Gasteiger charge is -2.32. The van der Waals surface area contributed by atoms with E-state index < -0.39 is 11.9 Å². The molecule has 2 N–H and O–H groups in total. The van der Waals surface area contributed by atoms with Crippen LogP contribution in [-0.2, 0) is 4.79 Å². The minimum absolute atomic E-state index is 0.0680. The van der Waals surface area contributed by atoms with Crippen LogP contribution in [-0.4, -0.2) is 41.1 Å². The molecule has 2 fully saturated rings. The molecular weight excluding hydrogens is 256 g/mol. The normalized spacial score (nSPS) is 25.6. The van der Waals surface area contributed by atoms with Crippen LogP contribution in [0.4, 0.5) is 4.79 Å². The third kappa shape index (κ3) is 4.39. The van der Waals surface area contributed by atoms with Gasteiger partial charge in [0.05, 0.1) is 5.92 Å². The lowest BCUT2D eigenvalue weighted by atomic mass is 9.96. The summed E-state index contributed by atoms with van der Waals surface area (Å²) in [5.74, 6) is -1.18. The Morgan fingerprint density at radius 1 is 0.950 bits per heavy atom. The van der Waals surface area contributed by atoms with Crippen LogP contribution in [0.25, 0.3) is 0 Å². The molecule has 5 nitrogen and oxygen atoms in total. The molecule has 20 heavy (non-hydrogen) atoms. The number of carbonyl (C=O) groups is 2. The summed E-state index contributed by atoms with van der Waals surface area (Å²) < 4.78 is 0. The zero-order valence-electron chi connectivity index (χ0n) is 12.1. The number of aliphatic carboxylic acids is 1. The number of rotatable bonds is 2. The molecule has 1 saturated carbocycles. The Balaban J connectivity index is 1.82. The molecule has 1 saturated heterocycles. The number of likely N-dealkylation sites (tertiary alicyclic amines) is 1. The first-order chi connectivity index (χ1) is 9.66. The summed E-state index contributed by atoms with van der Waals surface area (Å²) in [4.78, 5) is 25.0. The maximum Gasteiger partial charge on any atom is 0.317 e. The third-order valence-electron chi connectivity index (χ3n) is 4.49. The first-order valence-corrected chi connectivity index (χ1v) is 7.95. The molecule has 0 aromatic carbocycles. The number of carbonyl (C=O) groups excluding carboxylic acids is 1. The van der Waals surface area contributed by atoms with E-state index in [2.05, 4.69) is 5.32 Å². The highest BCUT2D eigenvalue weighted by atomic mass is 16.4. The average Bonchev–Trinajstić information content (AvgIpc) is 2.41. The van der Waals surface area contributed by atoms with Crippen LogP contribution in [0.3, 0.4) is 0 Å². The minimum atomic E-state index is -0.784. The van der Waals surface area contributed by atoms with E-state index in [9.17, 15) is 9.59 Å². The number of piperidine rings is 1. The van der Waals surface area contributed by atoms with Crippen molar-refractivity contribution in [1.82, 2.24) is 10.2 Å². The Kier molecular flexibility index (Phi) is 5.68. The van der Waals surface area contributed by atoms with Crippen LogP contribution in [0.2, 0.25) is 0 Å². The zero-order chi connectivity index (χ0) is 14.4. The topological polar surface area (TPSA) is 69.6 Å². The molecule has 1 aliphatic heterocycles. The average molecular weight is 282 g/mol. The van der Waals surface area contributed by atoms with Gasteiger partial charge in [0.25, 0.3) is 0 Å². The molecule has 2 amide bonds. The van der Waals surface area contributed by atoms with Gasteiger partial charge in [0.2, 0.25) is 0 Å². The molecule has 0 bridgehead atoms. The van der Waals surface area contributed by atoms with Gasteiger partial charge in [-0.3, -0.25) is 4.79 Å². The van der Waals surface area contributed by atoms with Crippen LogP contribution < -0.4 is 5.32 Å². The van der Waals surface area contributed by atoms with Gasteiger partial charge in [-0.25, -0.2) is 4.79 Å². The molecule has 5 heteroatoms. The molecule has 0 aromatic heterocycles. The van der Waals surface area contributed by atoms with Crippen molar-refractivity contribution in [1.29, 1.82) is 0 Å². The predicted octanol–water partition coefficient (Wildman–Crippen LogP) is 2.61. The predicted molar refractivity (Wildman–Crippen MR) is 76.6 cm³/mol. The van der Waals surface area contributed by atoms with Crippen LogP contribution >= 0.6 is 0 Å². The molecule has 2 rings (SSSR count). The second-order valence-electron chi connectivity index (χ2n) is 6.11. The summed E-state index contributed by atoms with van der Waals surface area (Å²) in [5.41, 5.74) is 0. The van der Waals surface area contributed by atoms with Gasteiger partial charge >= 0.3 is 12.0 Å². The molecule has 0 spiro atoms. The molecular formula is C15H26N2O3. The Hall–Kier alpha value is -1.26. The number of carboxylic acid groups (broad SMARTS) is 1. The molecule has 114 valence electrons. The standard InChI is InChI=1S/C15H26N2O3/c18-14(19)12-7-6-10-17(11-12)15(20)16-13-8-4-2-1-3-5-9-13/h12-13H,1-11H2,(H,16,20)(H,18,19)/t12-/m0/s1. The summed E-state index contributed by atoms with van der Waals surface area (Å²) >= 11 is 0. The van der Waals surface area contributed by atoms with Gasteiger partial charge in [-0.05, 0) is 25.7 Å². The van der Waals surface area contributed by atoms with Crippen LogP contribution in [0.1, 0.15) is 57.8 Å². The monoisotopic (exact) mass is 282 g/mol. The van der Waals surface area contributed by atoms with Crippen molar-refractivity contribution in [3.05, 3.63) is 0 Å². The van der Waals surface area contributed by atoms with E-state index in [-0.39, 0.29) is 12.1 Å². The van der Waals surface area contributed by atoms with E-state index in [0.29, 0.717) is 19.5 Å². The van der Waals surface area contributed by atoms with Crippen molar-refractivity contribution >= 4 is 12.0 Å². The first kappa shape index (κ1) is 15.1. The quantitative estimate of drug-likeness (QED) is 0.818. The van der Waals surface area contributed by atoms with Crippen molar-refractivity contribution in [3.8, 4) is 0 Å². The number of hydrogen-bond acceptors (Lipinski definition) is 2. The summed E-state index contributed by atoms with van der Waals surface area (Å²) in [5, 5.41) is 12.2. The van der Waals surface area contributed by atoms with Crippen molar-refractivity contribution < 1.29 is 14.7 Å². The van der Waals surface area contributed by atoms with Crippen molar-refractivity contribution in [2.45, 2.75) is 63.8 Å². The summed E-state index contributed by atoms with van der Waals surface area (Å²) in [6.07, 6.45) is 9.79. The van der Waals surface area contributed by atoms with Crippen molar-refractivity contribution in [3.63, 3.8) is 0 Å². The summed E-state index contributed by atoms with van der Waals surface area (Å²) in [7, 11) is 0. The maximum absolute atomic E-state index is 12.3. The highest BCUT2D eigenvalue weighted by molar-refractivity contribution is 5.76. The molecule has 1 heterocycles. The van der Waals surface area contributed by atoms with Gasteiger partial charge in [-0.15, -0.1) is 0 Å². The smallest absolute Gasteiger partial charge is 0.317 e. The van der Waals surface area contributed by atoms with Gasteiger partial charge in [-0.1, -0.05) is 32.1 Å². The minimum Gasteiger partial charge on any atom is -0.481 e. The number of nitrogens with zero attached hydrogens (tertiary/aromatic N) is 1. The van der Waals surface area contributed by atoms with E-state index in [1.807, 2.05) is 0 Å². The zero-order valence-corrected chi connectivity index (χ0v) is 12.1. The van der Waals surface area contributed by atoms with E-state index in [1.54, 1.807) is 4.90 Å².